The highest BCUT2D eigenvalue weighted by molar-refractivity contribution is 5.37. The molecule has 0 radical (unpaired) electrons. The molecule has 1 N–H and O–H groups in total. The largest absolute Gasteiger partial charge is 0.309 e. The van der Waals surface area contributed by atoms with Crippen molar-refractivity contribution in [2.45, 2.75) is 25.2 Å². The molecule has 1 heteroatoms. The van der Waals surface area contributed by atoms with Crippen molar-refractivity contribution in [2.24, 2.45) is 0 Å². The number of nitrogens with one attached hydrogen (secondary N) is 1. The molecule has 0 amide bonds. The maximum absolute atomic E-state index is 3.14. The van der Waals surface area contributed by atoms with E-state index >= 15 is 0 Å². The van der Waals surface area contributed by atoms with E-state index in [0.717, 1.165) is 18.0 Å². The Labute approximate surface area is 91.9 Å². The van der Waals surface area contributed by atoms with E-state index in [1.165, 1.54) is 24.8 Å². The van der Waals surface area contributed by atoms with Crippen LogP contribution in [0.2, 0.25) is 0 Å². The van der Waals surface area contributed by atoms with Gasteiger partial charge in [0.25, 0.3) is 0 Å². The van der Waals surface area contributed by atoms with E-state index in [1.807, 2.05) is 7.05 Å². The molecule has 1 nitrogen and oxygen atoms in total. The normalized spacial score (nSPS) is 15.3. The Morgan fingerprint density at radius 2 is 2.00 bits per heavy atom. The zero-order chi connectivity index (χ0) is 10.5. The molecule has 1 aromatic carbocycles. The highest BCUT2D eigenvalue weighted by Gasteiger charge is 2.18. The lowest BCUT2D eigenvalue weighted by Crippen LogP contribution is -2.08. The molecule has 15 heavy (non-hydrogen) atoms. The first-order valence-electron chi connectivity index (χ1n) is 5.63. The van der Waals surface area contributed by atoms with Gasteiger partial charge >= 0.3 is 0 Å². The Hall–Kier alpha value is -1.26. The maximum Gasteiger partial charge on any atom is 0.0577 e. The van der Waals surface area contributed by atoms with Crippen molar-refractivity contribution in [1.82, 2.24) is 5.32 Å². The van der Waals surface area contributed by atoms with Gasteiger partial charge in [-0.05, 0) is 43.5 Å². The predicted molar refractivity (Wildman–Crippen MR) is 63.8 cm³/mol. The molecule has 0 aliphatic heterocycles. The van der Waals surface area contributed by atoms with Gasteiger partial charge in [-0.2, -0.15) is 0 Å². The van der Waals surface area contributed by atoms with Crippen molar-refractivity contribution in [3.8, 4) is 11.8 Å². The van der Waals surface area contributed by atoms with Crippen molar-refractivity contribution < 1.29 is 0 Å². The lowest BCUT2D eigenvalue weighted by atomic mass is 9.80. The Balaban J connectivity index is 2.01. The van der Waals surface area contributed by atoms with Crippen molar-refractivity contribution in [3.63, 3.8) is 0 Å². The third-order valence-electron chi connectivity index (χ3n) is 2.99. The van der Waals surface area contributed by atoms with Crippen LogP contribution >= 0.6 is 0 Å². The van der Waals surface area contributed by atoms with E-state index < -0.39 is 0 Å². The van der Waals surface area contributed by atoms with Gasteiger partial charge in [0.15, 0.2) is 0 Å². The molecule has 78 valence electrons. The van der Waals surface area contributed by atoms with Crippen molar-refractivity contribution in [3.05, 3.63) is 35.4 Å². The van der Waals surface area contributed by atoms with Gasteiger partial charge in [-0.1, -0.05) is 30.4 Å². The molecular formula is C14H17N. The zero-order valence-electron chi connectivity index (χ0n) is 9.22. The second-order valence-corrected chi connectivity index (χ2v) is 4.08. The van der Waals surface area contributed by atoms with Gasteiger partial charge < -0.3 is 5.32 Å². The SMILES string of the molecule is CNCC#Cc1ccc(C2CCC2)cc1. The molecule has 0 bridgehead atoms. The van der Waals surface area contributed by atoms with Crippen LogP contribution in [-0.4, -0.2) is 13.6 Å². The minimum Gasteiger partial charge on any atom is -0.309 e. The molecule has 1 aliphatic rings. The summed E-state index contributed by atoms with van der Waals surface area (Å²) in [6.45, 7) is 0.754. The van der Waals surface area contributed by atoms with Crippen LogP contribution in [0.25, 0.3) is 0 Å². The average Bonchev–Trinajstić information content (AvgIpc) is 2.18. The topological polar surface area (TPSA) is 12.0 Å². The van der Waals surface area contributed by atoms with Crippen molar-refractivity contribution in [1.29, 1.82) is 0 Å². The number of benzene rings is 1. The minimum atomic E-state index is 0.754. The Morgan fingerprint density at radius 3 is 2.53 bits per heavy atom. The van der Waals surface area contributed by atoms with Crippen LogP contribution < -0.4 is 5.32 Å². The van der Waals surface area contributed by atoms with Gasteiger partial charge in [-0.25, -0.2) is 0 Å². The average molecular weight is 199 g/mol. The highest BCUT2D eigenvalue weighted by Crippen LogP contribution is 2.36. The van der Waals surface area contributed by atoms with Crippen LogP contribution in [0.1, 0.15) is 36.3 Å². The Bertz CT molecular complexity index is 363. The van der Waals surface area contributed by atoms with Crippen molar-refractivity contribution >= 4 is 0 Å². The third kappa shape index (κ3) is 2.61. The molecule has 1 aromatic rings. The molecule has 1 fully saturated rings. The van der Waals surface area contributed by atoms with Crippen LogP contribution in [-0.2, 0) is 0 Å². The summed E-state index contributed by atoms with van der Waals surface area (Å²) >= 11 is 0. The van der Waals surface area contributed by atoms with Gasteiger partial charge in [-0.15, -0.1) is 0 Å². The summed E-state index contributed by atoms with van der Waals surface area (Å²) < 4.78 is 0. The third-order valence-corrected chi connectivity index (χ3v) is 2.99. The standard InChI is InChI=1S/C14H17N/c1-15-11-3-4-12-7-9-14(10-8-12)13-5-2-6-13/h7-10,13,15H,2,5-6,11H2,1H3. The molecule has 1 aliphatic carbocycles. The Kier molecular flexibility index (Phi) is 3.42. The minimum absolute atomic E-state index is 0.754. The molecular weight excluding hydrogens is 182 g/mol. The van der Waals surface area contributed by atoms with E-state index in [4.69, 9.17) is 0 Å². The summed E-state index contributed by atoms with van der Waals surface area (Å²) in [5, 5.41) is 3.01. The first-order valence-corrected chi connectivity index (χ1v) is 5.63. The molecule has 2 rings (SSSR count). The zero-order valence-corrected chi connectivity index (χ0v) is 9.22. The second kappa shape index (κ2) is 5.00. The summed E-state index contributed by atoms with van der Waals surface area (Å²) in [5.74, 6) is 7.03. The number of hydrogen-bond donors (Lipinski definition) is 1. The first-order chi connectivity index (χ1) is 7.40. The highest BCUT2D eigenvalue weighted by atomic mass is 14.8. The van der Waals surface area contributed by atoms with E-state index in [2.05, 4.69) is 41.4 Å². The summed E-state index contributed by atoms with van der Waals surface area (Å²) in [5.41, 5.74) is 2.61. The molecule has 1 saturated carbocycles. The van der Waals surface area contributed by atoms with Crippen molar-refractivity contribution in [2.75, 3.05) is 13.6 Å². The molecule has 0 saturated heterocycles. The van der Waals surface area contributed by atoms with E-state index in [9.17, 15) is 0 Å². The monoisotopic (exact) mass is 199 g/mol. The van der Waals surface area contributed by atoms with Gasteiger partial charge in [0.1, 0.15) is 0 Å². The lowest BCUT2D eigenvalue weighted by molar-refractivity contribution is 0.420. The molecule has 0 aromatic heterocycles. The van der Waals surface area contributed by atoms with E-state index in [-0.39, 0.29) is 0 Å². The molecule has 0 unspecified atom stereocenters. The molecule has 0 spiro atoms. The summed E-state index contributed by atoms with van der Waals surface area (Å²) in [6, 6.07) is 8.73. The molecule has 0 atom stereocenters. The van der Waals surface area contributed by atoms with E-state index in [1.54, 1.807) is 0 Å². The van der Waals surface area contributed by atoms with Gasteiger partial charge in [0.2, 0.25) is 0 Å². The van der Waals surface area contributed by atoms with Crippen LogP contribution in [0.4, 0.5) is 0 Å². The summed E-state index contributed by atoms with van der Waals surface area (Å²) in [4.78, 5) is 0. The van der Waals surface area contributed by atoms with Gasteiger partial charge in [-0.3, -0.25) is 0 Å². The smallest absolute Gasteiger partial charge is 0.0577 e. The van der Waals surface area contributed by atoms with Crippen LogP contribution in [0.15, 0.2) is 24.3 Å². The number of hydrogen-bond acceptors (Lipinski definition) is 1. The maximum atomic E-state index is 3.14. The van der Waals surface area contributed by atoms with Crippen LogP contribution in [0.3, 0.4) is 0 Å². The van der Waals surface area contributed by atoms with Crippen LogP contribution in [0.5, 0.6) is 0 Å². The Morgan fingerprint density at radius 1 is 1.27 bits per heavy atom. The summed E-state index contributed by atoms with van der Waals surface area (Å²) in [7, 11) is 1.91. The summed E-state index contributed by atoms with van der Waals surface area (Å²) in [6.07, 6.45) is 4.13. The fraction of sp³-hybridized carbons (Fsp3) is 0.429. The fourth-order valence-corrected chi connectivity index (χ4v) is 1.81. The van der Waals surface area contributed by atoms with Crippen LogP contribution in [0, 0.1) is 11.8 Å². The first kappa shape index (κ1) is 10.3. The van der Waals surface area contributed by atoms with E-state index in [0.29, 0.717) is 0 Å². The fourth-order valence-electron chi connectivity index (χ4n) is 1.81. The molecule has 0 heterocycles. The van der Waals surface area contributed by atoms with Gasteiger partial charge in [0, 0.05) is 5.56 Å². The number of rotatable bonds is 2. The second-order valence-electron chi connectivity index (χ2n) is 4.08. The lowest BCUT2D eigenvalue weighted by Gasteiger charge is -2.25. The quantitative estimate of drug-likeness (QED) is 0.722. The predicted octanol–water partition coefficient (Wildman–Crippen LogP) is 2.53. The van der Waals surface area contributed by atoms with Gasteiger partial charge in [0.05, 0.1) is 6.54 Å².